The van der Waals surface area contributed by atoms with Crippen molar-refractivity contribution in [2.75, 3.05) is 24.5 Å². The molecule has 1 N–H and O–H groups in total. The number of benzene rings is 2. The standard InChI is InChI=1S/C29H32ClF3N2O6/c1-28(2,3)16-35-21-11-10-18(30)13-20(21)25(19-8-4-5-9-22(19)41-29(31,32)33)40-23(26(35)37)14-24(36)34-12-6-7-17(15-34)27(38)39/h4-5,8-11,13,17,23,25H,6-7,12,14-16H2,1-3H3,(H,38,39). The van der Waals surface area contributed by atoms with Crippen LogP contribution in [-0.4, -0.2) is 59.9 Å². The van der Waals surface area contributed by atoms with Crippen LogP contribution in [0.1, 0.15) is 57.3 Å². The molecule has 1 fully saturated rings. The Kier molecular flexibility index (Phi) is 8.89. The predicted molar refractivity (Wildman–Crippen MR) is 145 cm³/mol. The number of piperidine rings is 1. The van der Waals surface area contributed by atoms with Gasteiger partial charge in [-0.15, -0.1) is 13.2 Å². The fourth-order valence-corrected chi connectivity index (χ4v) is 5.37. The second-order valence-electron chi connectivity index (χ2n) is 11.5. The molecule has 2 aliphatic heterocycles. The highest BCUT2D eigenvalue weighted by atomic mass is 35.5. The number of hydrogen-bond donors (Lipinski definition) is 1. The molecule has 3 unspecified atom stereocenters. The number of likely N-dealkylation sites (tertiary alicyclic amines) is 1. The maximum absolute atomic E-state index is 14.0. The third kappa shape index (κ3) is 7.51. The van der Waals surface area contributed by atoms with E-state index in [-0.39, 0.29) is 23.7 Å². The van der Waals surface area contributed by atoms with Crippen LogP contribution in [0.5, 0.6) is 5.75 Å². The SMILES string of the molecule is CC(C)(C)CN1C(=O)C(CC(=O)N2CCCC(C(=O)O)C2)OC(c2ccccc2OC(F)(F)F)c2cc(Cl)ccc21. The number of alkyl halides is 3. The molecule has 2 amide bonds. The second kappa shape index (κ2) is 11.9. The largest absolute Gasteiger partial charge is 0.573 e. The zero-order valence-corrected chi connectivity index (χ0v) is 23.7. The van der Waals surface area contributed by atoms with Gasteiger partial charge in [-0.05, 0) is 42.5 Å². The van der Waals surface area contributed by atoms with Crippen molar-refractivity contribution in [1.82, 2.24) is 4.90 Å². The summed E-state index contributed by atoms with van der Waals surface area (Å²) in [5.41, 5.74) is 0.326. The number of anilines is 1. The Balaban J connectivity index is 1.79. The number of carbonyl (C=O) groups excluding carboxylic acids is 2. The van der Waals surface area contributed by atoms with E-state index in [0.717, 1.165) is 6.07 Å². The number of carboxylic acids is 1. The lowest BCUT2D eigenvalue weighted by Gasteiger charge is -2.33. The minimum Gasteiger partial charge on any atom is -0.481 e. The Hall–Kier alpha value is -3.31. The molecule has 41 heavy (non-hydrogen) atoms. The van der Waals surface area contributed by atoms with Gasteiger partial charge in [-0.2, -0.15) is 0 Å². The summed E-state index contributed by atoms with van der Waals surface area (Å²) in [6.07, 6.45) is -7.12. The molecule has 2 heterocycles. The highest BCUT2D eigenvalue weighted by Crippen LogP contribution is 2.44. The van der Waals surface area contributed by atoms with Gasteiger partial charge in [0.1, 0.15) is 18.0 Å². The summed E-state index contributed by atoms with van der Waals surface area (Å²) in [5.74, 6) is -3.26. The summed E-state index contributed by atoms with van der Waals surface area (Å²) in [6, 6.07) is 10.2. The van der Waals surface area contributed by atoms with Crippen molar-refractivity contribution in [2.24, 2.45) is 11.3 Å². The maximum atomic E-state index is 14.0. The number of carbonyl (C=O) groups is 3. The van der Waals surface area contributed by atoms with Crippen molar-refractivity contribution < 1.29 is 42.1 Å². The van der Waals surface area contributed by atoms with E-state index in [1.54, 1.807) is 12.1 Å². The molecule has 0 radical (unpaired) electrons. The molecule has 2 aromatic carbocycles. The summed E-state index contributed by atoms with van der Waals surface area (Å²) >= 11 is 6.33. The summed E-state index contributed by atoms with van der Waals surface area (Å²) in [5, 5.41) is 9.72. The Morgan fingerprint density at radius 3 is 2.49 bits per heavy atom. The Morgan fingerprint density at radius 2 is 1.83 bits per heavy atom. The molecule has 8 nitrogen and oxygen atoms in total. The molecule has 0 aromatic heterocycles. The number of hydrogen-bond acceptors (Lipinski definition) is 5. The highest BCUT2D eigenvalue weighted by Gasteiger charge is 2.42. The fraction of sp³-hybridized carbons (Fsp3) is 0.483. The number of amides is 2. The van der Waals surface area contributed by atoms with Crippen LogP contribution in [0, 0.1) is 11.3 Å². The van der Waals surface area contributed by atoms with Crippen LogP contribution in [0.2, 0.25) is 5.02 Å². The van der Waals surface area contributed by atoms with Crippen LogP contribution < -0.4 is 9.64 Å². The van der Waals surface area contributed by atoms with Crippen LogP contribution in [0.4, 0.5) is 18.9 Å². The molecule has 222 valence electrons. The van der Waals surface area contributed by atoms with E-state index >= 15 is 0 Å². The van der Waals surface area contributed by atoms with E-state index in [1.807, 2.05) is 20.8 Å². The number of rotatable bonds is 6. The first-order chi connectivity index (χ1) is 19.1. The number of fused-ring (bicyclic) bond motifs is 1. The Labute approximate surface area is 241 Å². The molecule has 2 aromatic rings. The number of ether oxygens (including phenoxy) is 2. The summed E-state index contributed by atoms with van der Waals surface area (Å²) in [4.78, 5) is 41.9. The average molecular weight is 597 g/mol. The number of aliphatic carboxylic acids is 1. The molecule has 0 aliphatic carbocycles. The molecule has 3 atom stereocenters. The third-order valence-electron chi connectivity index (χ3n) is 6.95. The molecular weight excluding hydrogens is 565 g/mol. The van der Waals surface area contributed by atoms with Crippen molar-refractivity contribution in [3.05, 3.63) is 58.6 Å². The highest BCUT2D eigenvalue weighted by molar-refractivity contribution is 6.30. The van der Waals surface area contributed by atoms with Crippen molar-refractivity contribution >= 4 is 35.1 Å². The van der Waals surface area contributed by atoms with Gasteiger partial charge in [0.2, 0.25) is 5.91 Å². The van der Waals surface area contributed by atoms with Crippen LogP contribution in [-0.2, 0) is 19.1 Å². The summed E-state index contributed by atoms with van der Waals surface area (Å²) in [6.45, 7) is 6.31. The van der Waals surface area contributed by atoms with Crippen LogP contribution in [0.3, 0.4) is 0 Å². The van der Waals surface area contributed by atoms with Gasteiger partial charge >= 0.3 is 12.3 Å². The van der Waals surface area contributed by atoms with E-state index in [4.69, 9.17) is 16.3 Å². The monoisotopic (exact) mass is 596 g/mol. The number of nitrogens with zero attached hydrogens (tertiary/aromatic N) is 2. The van der Waals surface area contributed by atoms with Gasteiger partial charge in [0, 0.05) is 41.5 Å². The van der Waals surface area contributed by atoms with E-state index in [2.05, 4.69) is 4.74 Å². The smallest absolute Gasteiger partial charge is 0.481 e. The minimum atomic E-state index is -4.99. The van der Waals surface area contributed by atoms with Gasteiger partial charge in [-0.3, -0.25) is 14.4 Å². The fourth-order valence-electron chi connectivity index (χ4n) is 5.19. The first-order valence-electron chi connectivity index (χ1n) is 13.2. The topological polar surface area (TPSA) is 96.4 Å². The molecular formula is C29H32ClF3N2O6. The first kappa shape index (κ1) is 30.6. The zero-order valence-electron chi connectivity index (χ0n) is 22.9. The Bertz CT molecular complexity index is 1310. The van der Waals surface area contributed by atoms with Crippen LogP contribution in [0.15, 0.2) is 42.5 Å². The van der Waals surface area contributed by atoms with Crippen molar-refractivity contribution in [3.63, 3.8) is 0 Å². The molecule has 0 saturated carbocycles. The molecule has 2 aliphatic rings. The minimum absolute atomic E-state index is 0.000105. The number of carboxylic acid groups (broad SMARTS) is 1. The molecule has 12 heteroatoms. The number of para-hydroxylation sites is 1. The first-order valence-corrected chi connectivity index (χ1v) is 13.6. The molecule has 4 rings (SSSR count). The summed E-state index contributed by atoms with van der Waals surface area (Å²) in [7, 11) is 0. The van der Waals surface area contributed by atoms with Gasteiger partial charge in [0.05, 0.1) is 12.3 Å². The van der Waals surface area contributed by atoms with Gasteiger partial charge in [-0.1, -0.05) is 50.6 Å². The van der Waals surface area contributed by atoms with E-state index < -0.39 is 59.9 Å². The maximum Gasteiger partial charge on any atom is 0.573 e. The van der Waals surface area contributed by atoms with Crippen molar-refractivity contribution in [1.29, 1.82) is 0 Å². The lowest BCUT2D eigenvalue weighted by molar-refractivity contribution is -0.275. The summed E-state index contributed by atoms with van der Waals surface area (Å²) < 4.78 is 50.6. The van der Waals surface area contributed by atoms with Gasteiger partial charge < -0.3 is 24.4 Å². The second-order valence-corrected chi connectivity index (χ2v) is 11.9. The normalized spacial score (nSPS) is 21.7. The molecule has 1 saturated heterocycles. The van der Waals surface area contributed by atoms with E-state index in [9.17, 15) is 32.7 Å². The lowest BCUT2D eigenvalue weighted by atomic mass is 9.94. The number of halogens is 4. The average Bonchev–Trinajstić information content (AvgIpc) is 2.98. The van der Waals surface area contributed by atoms with E-state index in [0.29, 0.717) is 30.6 Å². The lowest BCUT2D eigenvalue weighted by Crippen LogP contribution is -2.47. The van der Waals surface area contributed by atoms with Gasteiger partial charge in [-0.25, -0.2) is 0 Å². The van der Waals surface area contributed by atoms with Gasteiger partial charge in [0.25, 0.3) is 5.91 Å². The molecule has 0 bridgehead atoms. The van der Waals surface area contributed by atoms with Crippen LogP contribution in [0.25, 0.3) is 0 Å². The molecule has 0 spiro atoms. The predicted octanol–water partition coefficient (Wildman–Crippen LogP) is 5.82. The Morgan fingerprint density at radius 1 is 1.12 bits per heavy atom. The van der Waals surface area contributed by atoms with Gasteiger partial charge in [0.15, 0.2) is 0 Å². The third-order valence-corrected chi connectivity index (χ3v) is 7.18. The van der Waals surface area contributed by atoms with Crippen molar-refractivity contribution in [2.45, 2.75) is 58.6 Å². The zero-order chi connectivity index (χ0) is 30.1. The van der Waals surface area contributed by atoms with Crippen molar-refractivity contribution in [3.8, 4) is 5.75 Å². The van der Waals surface area contributed by atoms with E-state index in [1.165, 1.54) is 34.1 Å². The van der Waals surface area contributed by atoms with Crippen LogP contribution >= 0.6 is 11.6 Å². The quantitative estimate of drug-likeness (QED) is 0.451.